The van der Waals surface area contributed by atoms with Gasteiger partial charge in [-0.2, -0.15) is 34.8 Å². The third kappa shape index (κ3) is 16.8. The quantitative estimate of drug-likeness (QED) is 0.0882. The summed E-state index contributed by atoms with van der Waals surface area (Å²) < 4.78 is 118. The molecule has 0 aliphatic heterocycles. The van der Waals surface area contributed by atoms with E-state index >= 15 is 0 Å². The van der Waals surface area contributed by atoms with Gasteiger partial charge in [0.2, 0.25) is 11.8 Å². The van der Waals surface area contributed by atoms with Gasteiger partial charge >= 0.3 is 22.8 Å². The number of alkyl halides is 6. The van der Waals surface area contributed by atoms with Gasteiger partial charge in [0.05, 0.1) is 27.5 Å². The summed E-state index contributed by atoms with van der Waals surface area (Å²) in [5.74, 6) is 1.26. The van der Waals surface area contributed by atoms with Gasteiger partial charge in [0.1, 0.15) is 24.2 Å². The van der Waals surface area contributed by atoms with Crippen LogP contribution in [0.1, 0.15) is 57.9 Å². The van der Waals surface area contributed by atoms with Crippen molar-refractivity contribution < 1.29 is 53.3 Å². The van der Waals surface area contributed by atoms with Crippen LogP contribution in [0.4, 0.5) is 26.3 Å². The number of rotatable bonds is 12. The lowest BCUT2D eigenvalue weighted by molar-refractivity contribution is -0.138. The third-order valence-electron chi connectivity index (χ3n) is 8.09. The number of nitrogens with zero attached hydrogens (tertiary/aromatic N) is 6. The molecule has 4 aromatic heterocycles. The Kier molecular flexibility index (Phi) is 16.8. The summed E-state index contributed by atoms with van der Waals surface area (Å²) in [6.07, 6.45) is 0.951. The highest BCUT2D eigenvalue weighted by molar-refractivity contribution is 7.79. The molecule has 6 aromatic rings. The molecule has 6 rings (SSSR count). The second kappa shape index (κ2) is 21.5. The number of pyridine rings is 2. The second-order valence-corrected chi connectivity index (χ2v) is 14.1. The van der Waals surface area contributed by atoms with Crippen molar-refractivity contribution in [2.75, 3.05) is 0 Å². The van der Waals surface area contributed by atoms with Crippen LogP contribution in [0, 0.1) is 13.8 Å². The molecule has 0 radical (unpaired) electrons. The Morgan fingerprint density at radius 2 is 1.05 bits per heavy atom. The van der Waals surface area contributed by atoms with Crippen LogP contribution in [-0.2, 0) is 48.4 Å². The zero-order valence-corrected chi connectivity index (χ0v) is 33.4. The first kappa shape index (κ1) is 46.9. The van der Waals surface area contributed by atoms with E-state index in [2.05, 4.69) is 29.9 Å². The van der Waals surface area contributed by atoms with E-state index < -0.39 is 33.9 Å². The molecule has 60 heavy (non-hydrogen) atoms. The highest BCUT2D eigenvalue weighted by atomic mass is 35.5. The van der Waals surface area contributed by atoms with Crippen molar-refractivity contribution in [2.24, 2.45) is 0 Å². The van der Waals surface area contributed by atoms with Gasteiger partial charge in [-0.25, -0.2) is 29.9 Å². The molecule has 0 amide bonds. The van der Waals surface area contributed by atoms with Crippen LogP contribution >= 0.6 is 11.6 Å². The lowest BCUT2D eigenvalue weighted by Crippen LogP contribution is -2.05. The average Bonchev–Trinajstić information content (AvgIpc) is 3.17. The summed E-state index contributed by atoms with van der Waals surface area (Å²) in [5, 5.41) is 0.607. The van der Waals surface area contributed by atoms with Crippen LogP contribution in [0.5, 0.6) is 23.3 Å². The van der Waals surface area contributed by atoms with Gasteiger partial charge in [-0.15, -0.1) is 0 Å². The summed E-state index contributed by atoms with van der Waals surface area (Å²) in [6.45, 7) is 3.78. The Bertz CT molecular complexity index is 2370. The summed E-state index contributed by atoms with van der Waals surface area (Å²) in [4.78, 5) is 24.0. The molecule has 0 spiro atoms. The first-order valence-corrected chi connectivity index (χ1v) is 19.5. The average molecular weight is 879 g/mol. The highest BCUT2D eigenvalue weighted by Crippen LogP contribution is 2.31. The summed E-state index contributed by atoms with van der Waals surface area (Å²) >= 11 is 6.20. The van der Waals surface area contributed by atoms with E-state index in [1.165, 1.54) is 18.5 Å². The van der Waals surface area contributed by atoms with Crippen molar-refractivity contribution in [3.8, 4) is 23.3 Å². The Morgan fingerprint density at radius 1 is 0.600 bits per heavy atom. The SMILES string of the molecule is Cc1cc(CCCc2ccc(Oc3ccc(C(F)(F)F)cn3)cc2)ncn1.Cc1ncnc(CCCc2ccc(Oc3ccc(C(F)(F)F)cn3)cc2)c1Cl.O=S(=O)(O)O. The molecule has 0 aliphatic carbocycles. The largest absolute Gasteiger partial charge is 0.439 e. The number of aromatic nitrogens is 6. The number of hydrogen-bond acceptors (Lipinski definition) is 10. The fraction of sp³-hybridized carbons (Fsp3) is 0.250. The van der Waals surface area contributed by atoms with Crippen LogP contribution < -0.4 is 9.47 Å². The molecule has 0 unspecified atom stereocenters. The summed E-state index contributed by atoms with van der Waals surface area (Å²) in [7, 11) is -4.67. The predicted octanol–water partition coefficient (Wildman–Crippen LogP) is 10.3. The minimum absolute atomic E-state index is 0.106. The van der Waals surface area contributed by atoms with Crippen molar-refractivity contribution in [1.82, 2.24) is 29.9 Å². The van der Waals surface area contributed by atoms with Gasteiger partial charge < -0.3 is 9.47 Å². The van der Waals surface area contributed by atoms with E-state index in [4.69, 9.17) is 38.6 Å². The van der Waals surface area contributed by atoms with Crippen molar-refractivity contribution in [3.63, 3.8) is 0 Å². The van der Waals surface area contributed by atoms with Gasteiger partial charge in [0, 0.05) is 35.9 Å². The van der Waals surface area contributed by atoms with Crippen molar-refractivity contribution >= 4 is 22.0 Å². The highest BCUT2D eigenvalue weighted by Gasteiger charge is 2.31. The van der Waals surface area contributed by atoms with Crippen LogP contribution in [0.25, 0.3) is 0 Å². The topological polar surface area (TPSA) is 170 Å². The Hall–Kier alpha value is -5.76. The maximum absolute atomic E-state index is 12.5. The van der Waals surface area contributed by atoms with Crippen molar-refractivity contribution in [3.05, 3.63) is 154 Å². The first-order valence-electron chi connectivity index (χ1n) is 17.8. The Labute approximate surface area is 346 Å². The van der Waals surface area contributed by atoms with E-state index in [1.807, 2.05) is 44.2 Å². The minimum atomic E-state index is -4.67. The number of ether oxygens (including phenoxy) is 2. The van der Waals surface area contributed by atoms with Crippen LogP contribution in [0.15, 0.2) is 104 Å². The molecule has 0 saturated heterocycles. The lowest BCUT2D eigenvalue weighted by atomic mass is 10.1. The number of halogens is 7. The monoisotopic (exact) mass is 878 g/mol. The van der Waals surface area contributed by atoms with Gasteiger partial charge in [-0.05, 0) is 106 Å². The normalized spacial score (nSPS) is 11.4. The molecule has 20 heteroatoms. The third-order valence-corrected chi connectivity index (χ3v) is 8.58. The molecule has 0 atom stereocenters. The molecule has 318 valence electrons. The zero-order valence-electron chi connectivity index (χ0n) is 31.8. The van der Waals surface area contributed by atoms with Gasteiger partial charge in [0.25, 0.3) is 0 Å². The molecular weight excluding hydrogens is 842 g/mol. The maximum atomic E-state index is 12.5. The molecule has 12 nitrogen and oxygen atoms in total. The van der Waals surface area contributed by atoms with E-state index in [1.54, 1.807) is 30.6 Å². The van der Waals surface area contributed by atoms with Crippen LogP contribution in [0.2, 0.25) is 5.02 Å². The molecule has 0 bridgehead atoms. The fourth-order valence-electron chi connectivity index (χ4n) is 5.17. The van der Waals surface area contributed by atoms with Gasteiger partial charge in [-0.1, -0.05) is 35.9 Å². The second-order valence-electron chi connectivity index (χ2n) is 12.8. The predicted molar refractivity (Wildman–Crippen MR) is 208 cm³/mol. The maximum Gasteiger partial charge on any atom is 0.417 e. The number of hydrogen-bond donors (Lipinski definition) is 2. The first-order chi connectivity index (χ1) is 28.2. The standard InChI is InChI=1S/C20H17ClF3N3O.C20H18F3N3O.H2O4S/c1-13-19(21)17(27-12-26-13)4-2-3-14-5-8-16(9-6-14)28-18-10-7-15(11-25-18)20(22,23)24;1-14-11-17(26-13-25-14)4-2-3-15-5-8-18(9-6-15)27-19-10-7-16(12-24-19)20(21,22)23;1-5(2,3)4/h5-12H,2-4H2,1H3;5-13H,2-4H2,1H3;(H2,1,2,3,4). The number of benzene rings is 2. The Morgan fingerprint density at radius 3 is 1.47 bits per heavy atom. The fourth-order valence-corrected chi connectivity index (χ4v) is 5.36. The van der Waals surface area contributed by atoms with E-state index in [0.29, 0.717) is 16.5 Å². The molecular formula is C40H37ClF6N6O6S. The Balaban J connectivity index is 0.000000238. The van der Waals surface area contributed by atoms with Crippen LogP contribution in [0.3, 0.4) is 0 Å². The van der Waals surface area contributed by atoms with Gasteiger partial charge in [0.15, 0.2) is 0 Å². The molecule has 2 N–H and O–H groups in total. The van der Waals surface area contributed by atoms with Crippen LogP contribution in [-0.4, -0.2) is 47.4 Å². The zero-order chi connectivity index (χ0) is 43.9. The van der Waals surface area contributed by atoms with E-state index in [0.717, 1.165) is 97.0 Å². The lowest BCUT2D eigenvalue weighted by Gasteiger charge is -2.09. The number of aryl methyl sites for hydroxylation is 6. The minimum Gasteiger partial charge on any atom is -0.439 e. The molecule has 0 saturated carbocycles. The molecule has 2 aromatic carbocycles. The molecule has 4 heterocycles. The van der Waals surface area contributed by atoms with E-state index in [-0.39, 0.29) is 11.8 Å². The van der Waals surface area contributed by atoms with Gasteiger partial charge in [-0.3, -0.25) is 9.11 Å². The molecule has 0 aliphatic rings. The van der Waals surface area contributed by atoms with Crippen molar-refractivity contribution in [1.29, 1.82) is 0 Å². The van der Waals surface area contributed by atoms with Crippen molar-refractivity contribution in [2.45, 2.75) is 64.7 Å². The smallest absolute Gasteiger partial charge is 0.417 e. The summed E-state index contributed by atoms with van der Waals surface area (Å²) in [6, 6.07) is 21.1. The molecule has 0 fully saturated rings. The summed E-state index contributed by atoms with van der Waals surface area (Å²) in [5.41, 5.74) is 4.23. The van der Waals surface area contributed by atoms with E-state index in [9.17, 15) is 26.3 Å².